The molecule has 1 saturated heterocycles. The molecule has 0 aromatic carbocycles. The molecule has 2 bridgehead atoms. The molecule has 198 valence electrons. The number of terminal acetylenes is 1. The number of ether oxygens (including phenoxy) is 1. The maximum atomic E-state index is 12.8. The van der Waals surface area contributed by atoms with Crippen LogP contribution < -0.4 is 5.32 Å². The van der Waals surface area contributed by atoms with E-state index >= 15 is 0 Å². The van der Waals surface area contributed by atoms with Crippen LogP contribution in [0.25, 0.3) is 0 Å². The molecule has 4 atom stereocenters. The third-order valence-corrected chi connectivity index (χ3v) is 7.33. The Morgan fingerprint density at radius 3 is 2.36 bits per heavy atom. The maximum absolute atomic E-state index is 12.8. The molecule has 0 aromatic heterocycles. The smallest absolute Gasteiger partial charge is 0.233 e. The van der Waals surface area contributed by atoms with Crippen LogP contribution in [0.2, 0.25) is 0 Å². The van der Waals surface area contributed by atoms with Crippen molar-refractivity contribution in [2.24, 2.45) is 23.7 Å². The first-order chi connectivity index (χ1) is 17.0. The minimum atomic E-state index is -0.505. The number of hydrogen-bond acceptors (Lipinski definition) is 5. The van der Waals surface area contributed by atoms with Gasteiger partial charge in [-0.15, -0.1) is 6.42 Å². The first kappa shape index (κ1) is 27.9. The first-order valence-corrected chi connectivity index (χ1v) is 13.2. The zero-order valence-electron chi connectivity index (χ0n) is 22.1. The average Bonchev–Trinajstić information content (AvgIpc) is 3.49. The Balaban J connectivity index is 1.35. The number of nitrogens with one attached hydrogen (secondary N) is 1. The van der Waals surface area contributed by atoms with Crippen LogP contribution in [0, 0.1) is 36.0 Å². The Hall–Kier alpha value is -2.66. The van der Waals surface area contributed by atoms with E-state index < -0.39 is 5.54 Å². The lowest BCUT2D eigenvalue weighted by atomic mass is 9.85. The van der Waals surface area contributed by atoms with Crippen LogP contribution in [0.5, 0.6) is 0 Å². The van der Waals surface area contributed by atoms with Gasteiger partial charge in [0.2, 0.25) is 23.6 Å². The molecule has 1 aliphatic heterocycles. The standard InChI is InChI=1S/C28H41N3O5/c1-6-14-30(16-13-22(32)29-28(4,5)18-36-19(2)3)23(33)10-8-7-9-15-31-26(34)24-20-11-12-21(17-20)25(24)27(31)35/h1,11-12,19-21,24-25H,7-10,13-18H2,2-5H3,(H,29,32)/t20-,21+,24?,25?. The van der Waals surface area contributed by atoms with Gasteiger partial charge in [-0.05, 0) is 58.8 Å². The van der Waals surface area contributed by atoms with E-state index in [9.17, 15) is 19.2 Å². The van der Waals surface area contributed by atoms with Crippen molar-refractivity contribution < 1.29 is 23.9 Å². The summed E-state index contributed by atoms with van der Waals surface area (Å²) in [6.45, 7) is 8.91. The minimum absolute atomic E-state index is 0.0182. The van der Waals surface area contributed by atoms with Crippen molar-refractivity contribution in [3.63, 3.8) is 0 Å². The zero-order chi connectivity index (χ0) is 26.5. The van der Waals surface area contributed by atoms with Gasteiger partial charge in [-0.1, -0.05) is 24.5 Å². The summed E-state index contributed by atoms with van der Waals surface area (Å²) in [7, 11) is 0. The molecule has 0 aromatic rings. The van der Waals surface area contributed by atoms with Crippen molar-refractivity contribution in [3.05, 3.63) is 12.2 Å². The molecular formula is C28H41N3O5. The lowest BCUT2D eigenvalue weighted by Crippen LogP contribution is -2.48. The molecule has 36 heavy (non-hydrogen) atoms. The third-order valence-electron chi connectivity index (χ3n) is 7.33. The number of allylic oxidation sites excluding steroid dienone is 2. The number of fused-ring (bicyclic) bond motifs is 5. The molecule has 1 heterocycles. The Labute approximate surface area is 215 Å². The van der Waals surface area contributed by atoms with E-state index in [2.05, 4.69) is 23.4 Å². The van der Waals surface area contributed by atoms with Gasteiger partial charge in [0.05, 0.1) is 36.6 Å². The van der Waals surface area contributed by atoms with Crippen molar-refractivity contribution in [1.82, 2.24) is 15.1 Å². The molecule has 4 amide bonds. The second-order valence-corrected chi connectivity index (χ2v) is 11.2. The summed E-state index contributed by atoms with van der Waals surface area (Å²) in [5.74, 6) is 2.36. The van der Waals surface area contributed by atoms with E-state index in [1.165, 1.54) is 9.80 Å². The molecular weight excluding hydrogens is 458 g/mol. The van der Waals surface area contributed by atoms with Crippen molar-refractivity contribution in [2.45, 2.75) is 77.9 Å². The van der Waals surface area contributed by atoms with Gasteiger partial charge in [0.25, 0.3) is 0 Å². The van der Waals surface area contributed by atoms with Crippen LogP contribution in [0.15, 0.2) is 12.2 Å². The summed E-state index contributed by atoms with van der Waals surface area (Å²) in [4.78, 5) is 53.6. The number of hydrogen-bond donors (Lipinski definition) is 1. The number of carbonyl (C=O) groups excluding carboxylic acids is 4. The van der Waals surface area contributed by atoms with Crippen molar-refractivity contribution >= 4 is 23.6 Å². The molecule has 2 aliphatic carbocycles. The molecule has 8 nitrogen and oxygen atoms in total. The molecule has 1 N–H and O–H groups in total. The van der Waals surface area contributed by atoms with Crippen molar-refractivity contribution in [2.75, 3.05) is 26.2 Å². The largest absolute Gasteiger partial charge is 0.376 e. The molecule has 0 spiro atoms. The Bertz CT molecular complexity index is 889. The number of imide groups is 1. The summed E-state index contributed by atoms with van der Waals surface area (Å²) >= 11 is 0. The lowest BCUT2D eigenvalue weighted by Gasteiger charge is -2.28. The van der Waals surface area contributed by atoms with Gasteiger partial charge >= 0.3 is 0 Å². The van der Waals surface area contributed by atoms with Crippen LogP contribution in [0.4, 0.5) is 0 Å². The first-order valence-electron chi connectivity index (χ1n) is 13.2. The topological polar surface area (TPSA) is 96.0 Å². The monoisotopic (exact) mass is 499 g/mol. The molecule has 2 unspecified atom stereocenters. The van der Waals surface area contributed by atoms with Crippen molar-refractivity contribution in [3.8, 4) is 12.3 Å². The van der Waals surface area contributed by atoms with E-state index in [4.69, 9.17) is 11.2 Å². The van der Waals surface area contributed by atoms with Gasteiger partial charge in [-0.3, -0.25) is 24.1 Å². The highest BCUT2D eigenvalue weighted by atomic mass is 16.5. The fourth-order valence-electron chi connectivity index (χ4n) is 5.56. The fourth-order valence-corrected chi connectivity index (χ4v) is 5.56. The van der Waals surface area contributed by atoms with E-state index in [0.717, 1.165) is 12.8 Å². The maximum Gasteiger partial charge on any atom is 0.233 e. The number of likely N-dealkylation sites (tertiary alicyclic amines) is 1. The second-order valence-electron chi connectivity index (χ2n) is 11.2. The molecule has 3 aliphatic rings. The number of rotatable bonds is 14. The molecule has 3 rings (SSSR count). The summed E-state index contributed by atoms with van der Waals surface area (Å²) in [6.07, 6.45) is 13.2. The fraction of sp³-hybridized carbons (Fsp3) is 0.714. The molecule has 1 saturated carbocycles. The SMILES string of the molecule is C#CCN(CCC(=O)NC(C)(C)COC(C)C)C(=O)CCCCCN1C(=O)C2C(C1=O)[C@H]1C=C[C@@H]2C1. The van der Waals surface area contributed by atoms with E-state index in [1.807, 2.05) is 27.7 Å². The van der Waals surface area contributed by atoms with Gasteiger partial charge in [0, 0.05) is 25.9 Å². The van der Waals surface area contributed by atoms with E-state index in [1.54, 1.807) is 0 Å². The summed E-state index contributed by atoms with van der Waals surface area (Å²) in [5.41, 5.74) is -0.505. The zero-order valence-corrected chi connectivity index (χ0v) is 22.1. The number of amides is 4. The highest BCUT2D eigenvalue weighted by Gasteiger charge is 2.58. The van der Waals surface area contributed by atoms with E-state index in [-0.39, 0.29) is 72.9 Å². The normalized spacial score (nSPS) is 24.4. The van der Waals surface area contributed by atoms with Gasteiger partial charge in [-0.2, -0.15) is 0 Å². The van der Waals surface area contributed by atoms with Crippen LogP contribution in [-0.2, 0) is 23.9 Å². The summed E-state index contributed by atoms with van der Waals surface area (Å²) < 4.78 is 5.60. The van der Waals surface area contributed by atoms with Crippen LogP contribution in [0.3, 0.4) is 0 Å². The predicted molar refractivity (Wildman–Crippen MR) is 136 cm³/mol. The quantitative estimate of drug-likeness (QED) is 0.172. The summed E-state index contributed by atoms with van der Waals surface area (Å²) in [6, 6.07) is 0. The lowest BCUT2D eigenvalue weighted by molar-refractivity contribution is -0.141. The van der Waals surface area contributed by atoms with Gasteiger partial charge in [0.1, 0.15) is 0 Å². The third kappa shape index (κ3) is 6.76. The summed E-state index contributed by atoms with van der Waals surface area (Å²) in [5, 5.41) is 2.95. The molecule has 0 radical (unpaired) electrons. The van der Waals surface area contributed by atoms with Gasteiger partial charge < -0.3 is 15.0 Å². The number of nitrogens with zero attached hydrogens (tertiary/aromatic N) is 2. The van der Waals surface area contributed by atoms with Gasteiger partial charge in [0.15, 0.2) is 0 Å². The highest BCUT2D eigenvalue weighted by Crippen LogP contribution is 2.52. The Kier molecular flexibility index (Phi) is 9.35. The highest BCUT2D eigenvalue weighted by molar-refractivity contribution is 6.06. The molecule has 8 heteroatoms. The predicted octanol–water partition coefficient (Wildman–Crippen LogP) is 2.53. The van der Waals surface area contributed by atoms with E-state index in [0.29, 0.717) is 32.4 Å². The average molecular weight is 500 g/mol. The Morgan fingerprint density at radius 1 is 1.14 bits per heavy atom. The Morgan fingerprint density at radius 2 is 1.78 bits per heavy atom. The number of carbonyl (C=O) groups is 4. The van der Waals surface area contributed by atoms with Crippen LogP contribution in [-0.4, -0.2) is 71.3 Å². The van der Waals surface area contributed by atoms with Gasteiger partial charge in [-0.25, -0.2) is 0 Å². The number of unbranched alkanes of at least 4 members (excludes halogenated alkanes) is 2. The molecule has 2 fully saturated rings. The minimum Gasteiger partial charge on any atom is -0.376 e. The second kappa shape index (κ2) is 12.1. The van der Waals surface area contributed by atoms with Crippen molar-refractivity contribution in [1.29, 1.82) is 0 Å². The van der Waals surface area contributed by atoms with Crippen LogP contribution in [0.1, 0.15) is 66.2 Å². The van der Waals surface area contributed by atoms with Crippen LogP contribution >= 0.6 is 0 Å².